The second kappa shape index (κ2) is 4.93. The van der Waals surface area contributed by atoms with Gasteiger partial charge in [0.25, 0.3) is 0 Å². The van der Waals surface area contributed by atoms with E-state index in [4.69, 9.17) is 44.6 Å². The van der Waals surface area contributed by atoms with Gasteiger partial charge in [-0.15, -0.1) is 23.2 Å². The van der Waals surface area contributed by atoms with Crippen molar-refractivity contribution in [3.63, 3.8) is 0 Å². The summed E-state index contributed by atoms with van der Waals surface area (Å²) in [5, 5.41) is 11.1. The third-order valence-electron chi connectivity index (χ3n) is 3.10. The fraction of sp³-hybridized carbons (Fsp3) is 0.417. The molecule has 1 amide bonds. The van der Waals surface area contributed by atoms with Gasteiger partial charge in [0.15, 0.2) is 0 Å². The number of hydrogen-bond acceptors (Lipinski definition) is 2. The number of carbonyl (C=O) groups is 1. The molecule has 1 fully saturated rings. The number of hydrogen-bond donors (Lipinski definition) is 2. The van der Waals surface area contributed by atoms with Gasteiger partial charge in [0.1, 0.15) is 10.1 Å². The summed E-state index contributed by atoms with van der Waals surface area (Å²) in [6.45, 7) is 2.28. The van der Waals surface area contributed by atoms with Crippen LogP contribution < -0.4 is 10.1 Å². The normalized spacial score (nSPS) is 23.8. The summed E-state index contributed by atoms with van der Waals surface area (Å²) in [4.78, 5) is 10.5. The van der Waals surface area contributed by atoms with Crippen LogP contribution in [0.2, 0.25) is 5.02 Å². The van der Waals surface area contributed by atoms with Crippen molar-refractivity contribution in [3.05, 3.63) is 23.2 Å². The summed E-state index contributed by atoms with van der Waals surface area (Å²) in [6, 6.07) is 4.65. The van der Waals surface area contributed by atoms with E-state index in [9.17, 15) is 4.79 Å². The monoisotopic (exact) mass is 323 g/mol. The average molecular weight is 325 g/mol. The van der Waals surface area contributed by atoms with Gasteiger partial charge in [-0.3, -0.25) is 5.32 Å². The maximum Gasteiger partial charge on any atom is 0.409 e. The zero-order valence-electron chi connectivity index (χ0n) is 10.0. The van der Waals surface area contributed by atoms with E-state index >= 15 is 0 Å². The van der Waals surface area contributed by atoms with E-state index in [-0.39, 0.29) is 5.41 Å². The first-order valence-electron chi connectivity index (χ1n) is 5.54. The highest BCUT2D eigenvalue weighted by atomic mass is 35.5. The Hall–Kier alpha value is -0.840. The summed E-state index contributed by atoms with van der Waals surface area (Å²) in [5.41, 5.74) is 0.101. The van der Waals surface area contributed by atoms with Crippen LogP contribution in [-0.4, -0.2) is 22.1 Å². The molecule has 1 aromatic carbocycles. The summed E-state index contributed by atoms with van der Waals surface area (Å²) < 4.78 is 4.84. The molecule has 2 rings (SSSR count). The van der Waals surface area contributed by atoms with Crippen LogP contribution >= 0.6 is 34.8 Å². The van der Waals surface area contributed by atoms with Crippen LogP contribution in [0.3, 0.4) is 0 Å². The fourth-order valence-electron chi connectivity index (χ4n) is 1.66. The lowest BCUT2D eigenvalue weighted by Crippen LogP contribution is -2.15. The van der Waals surface area contributed by atoms with Gasteiger partial charge in [-0.2, -0.15) is 0 Å². The summed E-state index contributed by atoms with van der Waals surface area (Å²) in [5.74, 6) is 0.467. The topological polar surface area (TPSA) is 58.6 Å². The minimum Gasteiger partial charge on any atom is -0.491 e. The van der Waals surface area contributed by atoms with Crippen molar-refractivity contribution < 1.29 is 14.6 Å². The predicted octanol–water partition coefficient (Wildman–Crippen LogP) is 4.39. The van der Waals surface area contributed by atoms with Crippen LogP contribution in [0.4, 0.5) is 10.5 Å². The highest BCUT2D eigenvalue weighted by Gasteiger charge is 2.63. The highest BCUT2D eigenvalue weighted by Crippen LogP contribution is 2.63. The Kier molecular flexibility index (Phi) is 3.78. The maximum absolute atomic E-state index is 10.5. The van der Waals surface area contributed by atoms with Gasteiger partial charge < -0.3 is 9.84 Å². The summed E-state index contributed by atoms with van der Waals surface area (Å²) in [6.07, 6.45) is -0.483. The van der Waals surface area contributed by atoms with Gasteiger partial charge in [0.2, 0.25) is 0 Å². The molecule has 1 unspecified atom stereocenters. The Morgan fingerprint density at radius 2 is 2.16 bits per heavy atom. The molecule has 1 saturated carbocycles. The van der Waals surface area contributed by atoms with Crippen molar-refractivity contribution in [2.24, 2.45) is 5.41 Å². The van der Waals surface area contributed by atoms with Gasteiger partial charge in [-0.05, 0) is 24.6 Å². The van der Waals surface area contributed by atoms with Gasteiger partial charge in [-0.1, -0.05) is 18.5 Å². The number of benzene rings is 1. The average Bonchev–Trinajstić information content (AvgIpc) is 2.76. The number of carboxylic acid groups (broad SMARTS) is 1. The molecule has 0 heterocycles. The van der Waals surface area contributed by atoms with Crippen LogP contribution in [0.15, 0.2) is 18.2 Å². The van der Waals surface area contributed by atoms with Gasteiger partial charge in [-0.25, -0.2) is 4.79 Å². The number of nitrogens with one attached hydrogen (secondary N) is 1. The molecule has 4 nitrogen and oxygen atoms in total. The first-order valence-corrected chi connectivity index (χ1v) is 6.67. The van der Waals surface area contributed by atoms with Gasteiger partial charge >= 0.3 is 6.09 Å². The molecule has 104 valence electrons. The number of halogens is 3. The SMILES string of the molecule is CC1(COc2ccc(NC(=O)O)cc2Cl)CC1(Cl)Cl. The Balaban J connectivity index is 2.00. The summed E-state index contributed by atoms with van der Waals surface area (Å²) >= 11 is 18.0. The quantitative estimate of drug-likeness (QED) is 0.807. The smallest absolute Gasteiger partial charge is 0.409 e. The largest absolute Gasteiger partial charge is 0.491 e. The molecule has 0 radical (unpaired) electrons. The lowest BCUT2D eigenvalue weighted by atomic mass is 10.2. The molecule has 0 saturated heterocycles. The second-order valence-corrected chi connectivity index (χ2v) is 6.70. The molecule has 0 aromatic heterocycles. The second-order valence-electron chi connectivity index (χ2n) is 4.81. The van der Waals surface area contributed by atoms with E-state index in [1.807, 2.05) is 6.92 Å². The van der Waals surface area contributed by atoms with E-state index in [1.54, 1.807) is 12.1 Å². The van der Waals surface area contributed by atoms with E-state index in [1.165, 1.54) is 6.07 Å². The molecule has 1 aliphatic rings. The fourth-order valence-corrected chi connectivity index (χ4v) is 2.59. The minimum absolute atomic E-state index is 0.280. The van der Waals surface area contributed by atoms with Gasteiger partial charge in [0, 0.05) is 11.1 Å². The maximum atomic E-state index is 10.5. The Labute approximate surface area is 125 Å². The Morgan fingerprint density at radius 1 is 1.53 bits per heavy atom. The van der Waals surface area contributed by atoms with Crippen molar-refractivity contribution in [2.45, 2.75) is 17.7 Å². The van der Waals surface area contributed by atoms with Crippen LogP contribution in [-0.2, 0) is 0 Å². The third-order valence-corrected chi connectivity index (χ3v) is 4.57. The molecular weight excluding hydrogens is 312 g/mol. The van der Waals surface area contributed by atoms with Crippen LogP contribution in [0.25, 0.3) is 0 Å². The zero-order valence-corrected chi connectivity index (χ0v) is 12.3. The molecular formula is C12H12Cl3NO3. The molecule has 1 aromatic rings. The van der Waals surface area contributed by atoms with E-state index in [0.29, 0.717) is 29.5 Å². The molecule has 0 aliphatic heterocycles. The van der Waals surface area contributed by atoms with Crippen molar-refractivity contribution in [3.8, 4) is 5.75 Å². The first-order chi connectivity index (χ1) is 8.73. The van der Waals surface area contributed by atoms with Crippen LogP contribution in [0.5, 0.6) is 5.75 Å². The number of ether oxygens (including phenoxy) is 1. The molecule has 2 N–H and O–H groups in total. The molecule has 0 bridgehead atoms. The van der Waals surface area contributed by atoms with E-state index in [0.717, 1.165) is 0 Å². The highest BCUT2D eigenvalue weighted by molar-refractivity contribution is 6.51. The zero-order chi connectivity index (χ0) is 14.3. The lowest BCUT2D eigenvalue weighted by Gasteiger charge is -2.15. The van der Waals surface area contributed by atoms with Crippen LogP contribution in [0.1, 0.15) is 13.3 Å². The number of rotatable bonds is 4. The number of amides is 1. The Morgan fingerprint density at radius 3 is 2.63 bits per heavy atom. The summed E-state index contributed by atoms with van der Waals surface area (Å²) in [7, 11) is 0. The molecule has 1 atom stereocenters. The van der Waals surface area contributed by atoms with Crippen molar-refractivity contribution >= 4 is 46.6 Å². The number of alkyl halides is 2. The van der Waals surface area contributed by atoms with Crippen molar-refractivity contribution in [2.75, 3.05) is 11.9 Å². The lowest BCUT2D eigenvalue weighted by molar-refractivity contribution is 0.209. The molecule has 1 aliphatic carbocycles. The third kappa shape index (κ3) is 3.19. The van der Waals surface area contributed by atoms with Gasteiger partial charge in [0.05, 0.1) is 11.6 Å². The van der Waals surface area contributed by atoms with E-state index < -0.39 is 10.4 Å². The molecule has 0 spiro atoms. The van der Waals surface area contributed by atoms with Crippen LogP contribution in [0, 0.1) is 5.41 Å². The van der Waals surface area contributed by atoms with Crippen molar-refractivity contribution in [1.29, 1.82) is 0 Å². The first kappa shape index (κ1) is 14.6. The predicted molar refractivity (Wildman–Crippen MR) is 75.8 cm³/mol. The van der Waals surface area contributed by atoms with Crippen molar-refractivity contribution in [1.82, 2.24) is 0 Å². The standard InChI is InChI=1S/C12H12Cl3NO3/c1-11(5-12(11,14)15)6-19-9-3-2-7(4-8(9)13)16-10(17)18/h2-4,16H,5-6H2,1H3,(H,17,18). The minimum atomic E-state index is -1.15. The Bertz CT molecular complexity index is 521. The molecule has 7 heteroatoms. The molecule has 19 heavy (non-hydrogen) atoms. The number of anilines is 1. The van der Waals surface area contributed by atoms with E-state index in [2.05, 4.69) is 5.32 Å².